The van der Waals surface area contributed by atoms with Crippen LogP contribution in [0.3, 0.4) is 0 Å². The Morgan fingerprint density at radius 1 is 1.20 bits per heavy atom. The molecule has 0 saturated heterocycles. The fourth-order valence-electron chi connectivity index (χ4n) is 1.73. The van der Waals surface area contributed by atoms with Crippen LogP contribution in [0.2, 0.25) is 0 Å². The van der Waals surface area contributed by atoms with E-state index in [-0.39, 0.29) is 5.75 Å². The van der Waals surface area contributed by atoms with Crippen LogP contribution < -0.4 is 4.72 Å². The van der Waals surface area contributed by atoms with E-state index in [4.69, 9.17) is 5.26 Å². The Bertz CT molecular complexity index is 545. The second kappa shape index (κ2) is 8.00. The van der Waals surface area contributed by atoms with E-state index in [9.17, 15) is 8.42 Å². The lowest BCUT2D eigenvalue weighted by atomic mass is 10.2. The van der Waals surface area contributed by atoms with E-state index in [1.165, 1.54) is 0 Å². The maximum atomic E-state index is 11.9. The first-order chi connectivity index (χ1) is 9.43. The zero-order valence-corrected chi connectivity index (χ0v) is 12.8. The average Bonchev–Trinajstić information content (AvgIpc) is 2.38. The lowest BCUT2D eigenvalue weighted by molar-refractivity contribution is 0.394. The van der Waals surface area contributed by atoms with Crippen LogP contribution in [0.5, 0.6) is 0 Å². The van der Waals surface area contributed by atoms with E-state index in [0.29, 0.717) is 17.7 Å². The molecule has 0 saturated carbocycles. The lowest BCUT2D eigenvalue weighted by Crippen LogP contribution is -2.26. The molecule has 0 aliphatic carbocycles. The number of hydrogen-bond acceptors (Lipinski definition) is 4. The van der Waals surface area contributed by atoms with Gasteiger partial charge < -0.3 is 4.90 Å². The number of nitrogens with one attached hydrogen (secondary N) is 1. The molecule has 0 radical (unpaired) electrons. The Labute approximate surface area is 121 Å². The van der Waals surface area contributed by atoms with Crippen LogP contribution >= 0.6 is 0 Å². The highest BCUT2D eigenvalue weighted by atomic mass is 32.2. The summed E-state index contributed by atoms with van der Waals surface area (Å²) < 4.78 is 26.3. The quantitative estimate of drug-likeness (QED) is 0.734. The molecule has 0 atom stereocenters. The van der Waals surface area contributed by atoms with E-state index in [1.54, 1.807) is 24.3 Å². The lowest BCUT2D eigenvalue weighted by Gasteiger charge is -2.10. The van der Waals surface area contributed by atoms with Crippen molar-refractivity contribution in [2.24, 2.45) is 0 Å². The van der Waals surface area contributed by atoms with Crippen molar-refractivity contribution in [1.29, 1.82) is 5.26 Å². The number of sulfonamides is 1. The Hall–Kier alpha value is -1.42. The Morgan fingerprint density at radius 2 is 1.85 bits per heavy atom. The fourth-order valence-corrected chi connectivity index (χ4v) is 2.92. The van der Waals surface area contributed by atoms with Crippen molar-refractivity contribution in [3.8, 4) is 6.07 Å². The van der Waals surface area contributed by atoms with Crippen LogP contribution in [0.15, 0.2) is 24.3 Å². The van der Waals surface area contributed by atoms with E-state index < -0.39 is 10.0 Å². The van der Waals surface area contributed by atoms with E-state index in [2.05, 4.69) is 9.62 Å². The summed E-state index contributed by atoms with van der Waals surface area (Å²) in [6, 6.07) is 8.60. The highest BCUT2D eigenvalue weighted by Crippen LogP contribution is 2.07. The first-order valence-electron chi connectivity index (χ1n) is 6.54. The third-order valence-corrected chi connectivity index (χ3v) is 4.15. The molecule has 0 spiro atoms. The number of unbranched alkanes of at least 4 members (excludes halogenated alkanes) is 1. The Morgan fingerprint density at radius 3 is 2.40 bits per heavy atom. The van der Waals surface area contributed by atoms with Gasteiger partial charge in [0.2, 0.25) is 10.0 Å². The molecule has 1 aromatic carbocycles. The van der Waals surface area contributed by atoms with Crippen molar-refractivity contribution in [2.45, 2.75) is 18.6 Å². The second-order valence-electron chi connectivity index (χ2n) is 4.97. The molecule has 0 fully saturated rings. The normalized spacial score (nSPS) is 11.5. The molecule has 0 amide bonds. The van der Waals surface area contributed by atoms with Gasteiger partial charge in [0, 0.05) is 6.54 Å². The van der Waals surface area contributed by atoms with Crippen molar-refractivity contribution in [2.75, 3.05) is 27.2 Å². The first kappa shape index (κ1) is 16.6. The summed E-state index contributed by atoms with van der Waals surface area (Å²) in [6.45, 7) is 1.42. The third kappa shape index (κ3) is 6.66. The summed E-state index contributed by atoms with van der Waals surface area (Å²) in [5, 5.41) is 8.68. The molecule has 20 heavy (non-hydrogen) atoms. The maximum Gasteiger partial charge on any atom is 0.215 e. The molecule has 1 N–H and O–H groups in total. The van der Waals surface area contributed by atoms with Gasteiger partial charge in [-0.25, -0.2) is 13.1 Å². The summed E-state index contributed by atoms with van der Waals surface area (Å²) in [7, 11) is 0.689. The summed E-state index contributed by atoms with van der Waals surface area (Å²) >= 11 is 0. The topological polar surface area (TPSA) is 73.2 Å². The first-order valence-corrected chi connectivity index (χ1v) is 8.19. The minimum atomic E-state index is -3.30. The molecule has 1 rings (SSSR count). The van der Waals surface area contributed by atoms with Crippen LogP contribution in [-0.2, 0) is 15.8 Å². The summed E-state index contributed by atoms with van der Waals surface area (Å²) in [5.41, 5.74) is 1.22. The average molecular weight is 295 g/mol. The SMILES string of the molecule is CN(C)CCCCNS(=O)(=O)Cc1ccc(C#N)cc1. The van der Waals surface area contributed by atoms with E-state index >= 15 is 0 Å². The molecular formula is C14H21N3O2S. The van der Waals surface area contributed by atoms with Gasteiger partial charge >= 0.3 is 0 Å². The highest BCUT2D eigenvalue weighted by Gasteiger charge is 2.10. The van der Waals surface area contributed by atoms with Gasteiger partial charge in [-0.2, -0.15) is 5.26 Å². The van der Waals surface area contributed by atoms with Gasteiger partial charge in [0.15, 0.2) is 0 Å². The number of benzene rings is 1. The van der Waals surface area contributed by atoms with Gasteiger partial charge in [-0.05, 0) is 51.2 Å². The summed E-state index contributed by atoms with van der Waals surface area (Å²) in [5.74, 6) is -0.0492. The molecule has 0 unspecified atom stereocenters. The molecule has 0 aliphatic heterocycles. The molecule has 1 aromatic rings. The minimum absolute atomic E-state index is 0.0492. The second-order valence-corrected chi connectivity index (χ2v) is 6.78. The summed E-state index contributed by atoms with van der Waals surface area (Å²) in [4.78, 5) is 2.07. The zero-order chi connectivity index (χ0) is 15.0. The van der Waals surface area contributed by atoms with Gasteiger partial charge in [0.1, 0.15) is 0 Å². The highest BCUT2D eigenvalue weighted by molar-refractivity contribution is 7.88. The molecule has 110 valence electrons. The third-order valence-electron chi connectivity index (χ3n) is 2.79. The van der Waals surface area contributed by atoms with Gasteiger partial charge in [0.05, 0.1) is 17.4 Å². The van der Waals surface area contributed by atoms with Crippen molar-refractivity contribution >= 4 is 10.0 Å². The molecule has 0 bridgehead atoms. The summed E-state index contributed by atoms with van der Waals surface area (Å²) in [6.07, 6.45) is 1.79. The zero-order valence-electron chi connectivity index (χ0n) is 12.0. The monoisotopic (exact) mass is 295 g/mol. The van der Waals surface area contributed by atoms with Crippen molar-refractivity contribution < 1.29 is 8.42 Å². The maximum absolute atomic E-state index is 11.9. The smallest absolute Gasteiger partial charge is 0.215 e. The molecular weight excluding hydrogens is 274 g/mol. The van der Waals surface area contributed by atoms with Gasteiger partial charge in [-0.15, -0.1) is 0 Å². The van der Waals surface area contributed by atoms with Gasteiger partial charge in [-0.1, -0.05) is 12.1 Å². The van der Waals surface area contributed by atoms with Gasteiger partial charge in [-0.3, -0.25) is 0 Å². The number of nitrogens with zero attached hydrogens (tertiary/aromatic N) is 2. The number of hydrogen-bond donors (Lipinski definition) is 1. The van der Waals surface area contributed by atoms with Crippen molar-refractivity contribution in [3.05, 3.63) is 35.4 Å². The van der Waals surface area contributed by atoms with Crippen LogP contribution in [-0.4, -0.2) is 40.5 Å². The van der Waals surface area contributed by atoms with Crippen LogP contribution in [0.4, 0.5) is 0 Å². The van der Waals surface area contributed by atoms with Crippen LogP contribution in [0, 0.1) is 11.3 Å². The largest absolute Gasteiger partial charge is 0.309 e. The molecule has 0 aliphatic rings. The predicted molar refractivity (Wildman–Crippen MR) is 79.6 cm³/mol. The fraction of sp³-hybridized carbons (Fsp3) is 0.500. The van der Waals surface area contributed by atoms with Crippen LogP contribution in [0.1, 0.15) is 24.0 Å². The van der Waals surface area contributed by atoms with Crippen molar-refractivity contribution in [3.63, 3.8) is 0 Å². The Balaban J connectivity index is 2.39. The standard InChI is InChI=1S/C14H21N3O2S/c1-17(2)10-4-3-9-16-20(18,19)12-14-7-5-13(11-15)6-8-14/h5-8,16H,3-4,9-10,12H2,1-2H3. The molecule has 0 aromatic heterocycles. The molecule has 0 heterocycles. The number of rotatable bonds is 8. The van der Waals surface area contributed by atoms with Crippen molar-refractivity contribution in [1.82, 2.24) is 9.62 Å². The van der Waals surface area contributed by atoms with Gasteiger partial charge in [0.25, 0.3) is 0 Å². The molecule has 6 heteroatoms. The van der Waals surface area contributed by atoms with Crippen LogP contribution in [0.25, 0.3) is 0 Å². The number of nitriles is 1. The van der Waals surface area contributed by atoms with E-state index in [0.717, 1.165) is 19.4 Å². The van der Waals surface area contributed by atoms with E-state index in [1.807, 2.05) is 20.2 Å². The minimum Gasteiger partial charge on any atom is -0.309 e. The predicted octanol–water partition coefficient (Wildman–Crippen LogP) is 1.32. The molecule has 5 nitrogen and oxygen atoms in total. The Kier molecular flexibility index (Phi) is 6.65.